The van der Waals surface area contributed by atoms with Gasteiger partial charge in [0.1, 0.15) is 12.4 Å². The van der Waals surface area contributed by atoms with Crippen molar-refractivity contribution in [2.75, 3.05) is 0 Å². The topological polar surface area (TPSA) is 21.6 Å². The zero-order valence-electron chi connectivity index (χ0n) is 13.6. The van der Waals surface area contributed by atoms with Crippen LogP contribution in [0.1, 0.15) is 46.1 Å². The molecule has 0 saturated heterocycles. The van der Waals surface area contributed by atoms with E-state index in [4.69, 9.17) is 4.74 Å². The van der Waals surface area contributed by atoms with Crippen LogP contribution in [-0.2, 0) is 11.3 Å². The molecule has 1 unspecified atom stereocenters. The van der Waals surface area contributed by atoms with Crippen molar-refractivity contribution in [3.63, 3.8) is 0 Å². The van der Waals surface area contributed by atoms with Gasteiger partial charge < -0.3 is 4.74 Å². The van der Waals surface area contributed by atoms with Crippen molar-refractivity contribution in [1.29, 1.82) is 0 Å². The molecule has 1 fully saturated rings. The van der Waals surface area contributed by atoms with Crippen molar-refractivity contribution in [2.24, 2.45) is 10.4 Å². The van der Waals surface area contributed by atoms with Gasteiger partial charge in [-0.3, -0.25) is 4.99 Å². The van der Waals surface area contributed by atoms with Crippen LogP contribution in [0.3, 0.4) is 0 Å². The molecule has 22 heavy (non-hydrogen) atoms. The van der Waals surface area contributed by atoms with Crippen LogP contribution in [0.15, 0.2) is 46.8 Å². The largest absolute Gasteiger partial charge is 0.492 e. The molecular formula is C18H23F2NO. The SMILES string of the molecule is CC/C(=N\C(C)=C(/C)OCc1ccccc1)C1(C)CC1(F)F. The van der Waals surface area contributed by atoms with Crippen molar-refractivity contribution in [1.82, 2.24) is 0 Å². The summed E-state index contributed by atoms with van der Waals surface area (Å²) in [5.74, 6) is -1.96. The van der Waals surface area contributed by atoms with Gasteiger partial charge in [0.05, 0.1) is 11.1 Å². The first-order valence-electron chi connectivity index (χ1n) is 7.60. The lowest BCUT2D eigenvalue weighted by Gasteiger charge is -2.14. The van der Waals surface area contributed by atoms with Crippen LogP contribution in [0, 0.1) is 5.41 Å². The second kappa shape index (κ2) is 6.19. The highest BCUT2D eigenvalue weighted by Crippen LogP contribution is 2.61. The molecule has 1 saturated carbocycles. The van der Waals surface area contributed by atoms with E-state index in [0.29, 0.717) is 30.2 Å². The molecule has 0 aromatic heterocycles. The lowest BCUT2D eigenvalue weighted by molar-refractivity contribution is 0.0890. The van der Waals surface area contributed by atoms with Crippen LogP contribution in [-0.4, -0.2) is 11.6 Å². The molecule has 2 rings (SSSR count). The van der Waals surface area contributed by atoms with E-state index >= 15 is 0 Å². The summed E-state index contributed by atoms with van der Waals surface area (Å²) in [6.07, 6.45) is 0.416. The summed E-state index contributed by atoms with van der Waals surface area (Å²) in [6, 6.07) is 9.82. The summed E-state index contributed by atoms with van der Waals surface area (Å²) in [6.45, 7) is 7.53. The van der Waals surface area contributed by atoms with Crippen LogP contribution in [0.25, 0.3) is 0 Å². The minimum Gasteiger partial charge on any atom is -0.492 e. The standard InChI is InChI=1S/C18H23F2NO/c1-5-16(17(4)12-18(17,19)20)21-13(2)14(3)22-11-15-9-7-6-8-10-15/h6-10H,5,11-12H2,1-4H3/b14-13+,21-16+. The first-order chi connectivity index (χ1) is 10.3. The van der Waals surface area contributed by atoms with E-state index in [1.807, 2.05) is 44.2 Å². The van der Waals surface area contributed by atoms with Crippen molar-refractivity contribution in [2.45, 2.75) is 53.1 Å². The van der Waals surface area contributed by atoms with E-state index < -0.39 is 11.3 Å². The fraction of sp³-hybridized carbons (Fsp3) is 0.500. The second-order valence-electron chi connectivity index (χ2n) is 6.04. The van der Waals surface area contributed by atoms with E-state index in [-0.39, 0.29) is 6.42 Å². The number of benzene rings is 1. The molecule has 0 heterocycles. The van der Waals surface area contributed by atoms with Gasteiger partial charge in [0.25, 0.3) is 5.92 Å². The Morgan fingerprint density at radius 3 is 2.32 bits per heavy atom. The van der Waals surface area contributed by atoms with Gasteiger partial charge in [-0.25, -0.2) is 8.78 Å². The summed E-state index contributed by atoms with van der Waals surface area (Å²) in [7, 11) is 0. The van der Waals surface area contributed by atoms with E-state index in [1.165, 1.54) is 0 Å². The van der Waals surface area contributed by atoms with Gasteiger partial charge >= 0.3 is 0 Å². The highest BCUT2D eigenvalue weighted by atomic mass is 19.3. The zero-order valence-corrected chi connectivity index (χ0v) is 13.6. The lowest BCUT2D eigenvalue weighted by atomic mass is 9.99. The summed E-state index contributed by atoms with van der Waals surface area (Å²) >= 11 is 0. The van der Waals surface area contributed by atoms with Gasteiger partial charge in [-0.05, 0) is 32.8 Å². The van der Waals surface area contributed by atoms with E-state index in [9.17, 15) is 8.78 Å². The Hall–Kier alpha value is -1.71. The molecule has 0 amide bonds. The fourth-order valence-electron chi connectivity index (χ4n) is 2.46. The summed E-state index contributed by atoms with van der Waals surface area (Å²) in [4.78, 5) is 4.43. The maximum atomic E-state index is 13.5. The van der Waals surface area contributed by atoms with Gasteiger partial charge in [0.2, 0.25) is 0 Å². The number of hydrogen-bond acceptors (Lipinski definition) is 2. The molecule has 4 heteroatoms. The Morgan fingerprint density at radius 1 is 1.23 bits per heavy atom. The van der Waals surface area contributed by atoms with Crippen LogP contribution in [0.4, 0.5) is 8.78 Å². The number of halogens is 2. The van der Waals surface area contributed by atoms with Crippen LogP contribution in [0.2, 0.25) is 0 Å². The average Bonchev–Trinajstić information content (AvgIpc) is 3.02. The molecular weight excluding hydrogens is 284 g/mol. The third-order valence-corrected chi connectivity index (χ3v) is 4.34. The van der Waals surface area contributed by atoms with Crippen molar-refractivity contribution in [3.05, 3.63) is 47.4 Å². The quantitative estimate of drug-likeness (QED) is 0.513. The molecule has 0 aliphatic heterocycles. The van der Waals surface area contributed by atoms with Crippen LogP contribution >= 0.6 is 0 Å². The van der Waals surface area contributed by atoms with Crippen LogP contribution < -0.4 is 0 Å². The Labute approximate surface area is 130 Å². The first kappa shape index (κ1) is 16.7. The molecule has 1 aliphatic rings. The molecule has 0 bridgehead atoms. The maximum Gasteiger partial charge on any atom is 0.259 e. The highest BCUT2D eigenvalue weighted by Gasteiger charge is 2.70. The van der Waals surface area contributed by atoms with Crippen LogP contribution in [0.5, 0.6) is 0 Å². The summed E-state index contributed by atoms with van der Waals surface area (Å²) in [5, 5.41) is 0. The average molecular weight is 307 g/mol. The number of nitrogens with zero attached hydrogens (tertiary/aromatic N) is 1. The monoisotopic (exact) mass is 307 g/mol. The van der Waals surface area contributed by atoms with Gasteiger partial charge in [-0.2, -0.15) is 0 Å². The van der Waals surface area contributed by atoms with Crippen molar-refractivity contribution in [3.8, 4) is 0 Å². The number of alkyl halides is 2. The summed E-state index contributed by atoms with van der Waals surface area (Å²) in [5.41, 5.74) is 1.20. The van der Waals surface area contributed by atoms with Gasteiger partial charge in [-0.1, -0.05) is 37.3 Å². The molecule has 1 aliphatic carbocycles. The van der Waals surface area contributed by atoms with E-state index in [1.54, 1.807) is 13.8 Å². The van der Waals surface area contributed by atoms with Gasteiger partial charge in [-0.15, -0.1) is 0 Å². The number of aliphatic imine (C=N–C) groups is 1. The minimum absolute atomic E-state index is 0.107. The number of allylic oxidation sites excluding steroid dienone is 2. The minimum atomic E-state index is -2.62. The first-order valence-corrected chi connectivity index (χ1v) is 7.60. The van der Waals surface area contributed by atoms with E-state index in [2.05, 4.69) is 4.99 Å². The highest BCUT2D eigenvalue weighted by molar-refractivity contribution is 5.94. The molecule has 1 atom stereocenters. The Kier molecular flexibility index (Phi) is 4.69. The third kappa shape index (κ3) is 3.37. The molecule has 0 radical (unpaired) electrons. The fourth-order valence-corrected chi connectivity index (χ4v) is 2.46. The maximum absolute atomic E-state index is 13.5. The Balaban J connectivity index is 2.08. The van der Waals surface area contributed by atoms with E-state index in [0.717, 1.165) is 5.56 Å². The molecule has 1 aromatic carbocycles. The predicted octanol–water partition coefficient (Wildman–Crippen LogP) is 5.35. The van der Waals surface area contributed by atoms with Crippen molar-refractivity contribution >= 4 is 5.71 Å². The molecule has 0 N–H and O–H groups in total. The van der Waals surface area contributed by atoms with Gasteiger partial charge in [0.15, 0.2) is 0 Å². The number of hydrogen-bond donors (Lipinski definition) is 0. The zero-order chi connectivity index (χ0) is 16.4. The number of ether oxygens (including phenoxy) is 1. The van der Waals surface area contributed by atoms with Gasteiger partial charge in [0, 0.05) is 12.1 Å². The molecule has 2 nitrogen and oxygen atoms in total. The Bertz CT molecular complexity index is 592. The molecule has 1 aromatic rings. The second-order valence-corrected chi connectivity index (χ2v) is 6.04. The Morgan fingerprint density at radius 2 is 1.82 bits per heavy atom. The molecule has 120 valence electrons. The third-order valence-electron chi connectivity index (χ3n) is 4.34. The smallest absolute Gasteiger partial charge is 0.259 e. The normalized spacial score (nSPS) is 24.7. The van der Waals surface area contributed by atoms with Crippen molar-refractivity contribution < 1.29 is 13.5 Å². The lowest BCUT2D eigenvalue weighted by Crippen LogP contribution is -2.19. The number of rotatable bonds is 6. The summed E-state index contributed by atoms with van der Waals surface area (Å²) < 4.78 is 32.7. The predicted molar refractivity (Wildman–Crippen MR) is 85.0 cm³/mol. The molecule has 0 spiro atoms.